The van der Waals surface area contributed by atoms with E-state index in [4.69, 9.17) is 11.6 Å². The summed E-state index contributed by atoms with van der Waals surface area (Å²) in [5.41, 5.74) is 2.82. The van der Waals surface area contributed by atoms with E-state index < -0.39 is 10.0 Å². The van der Waals surface area contributed by atoms with E-state index in [0.29, 0.717) is 5.02 Å². The van der Waals surface area contributed by atoms with Gasteiger partial charge in [0.05, 0.1) is 17.5 Å². The normalized spacial score (nSPS) is 12.5. The molecule has 8 heteroatoms. The van der Waals surface area contributed by atoms with E-state index in [1.54, 1.807) is 11.8 Å². The van der Waals surface area contributed by atoms with Gasteiger partial charge in [-0.3, -0.25) is 4.79 Å². The molecular weight excluding hydrogens is 476 g/mol. The van der Waals surface area contributed by atoms with Crippen LogP contribution in [0.25, 0.3) is 0 Å². The zero-order chi connectivity index (χ0) is 24.0. The largest absolute Gasteiger partial charge is 0.348 e. The van der Waals surface area contributed by atoms with Gasteiger partial charge in [-0.1, -0.05) is 53.6 Å². The van der Waals surface area contributed by atoms with Gasteiger partial charge in [0.25, 0.3) is 0 Å². The van der Waals surface area contributed by atoms with Gasteiger partial charge in [-0.15, -0.1) is 11.8 Å². The number of hydrogen-bond donors (Lipinski definition) is 1. The van der Waals surface area contributed by atoms with Crippen LogP contribution in [0, 0.1) is 6.92 Å². The maximum Gasteiger partial charge on any atom is 0.243 e. The fourth-order valence-corrected chi connectivity index (χ4v) is 5.22. The Labute approximate surface area is 205 Å². The summed E-state index contributed by atoms with van der Waals surface area (Å²) in [7, 11) is -3.92. The minimum absolute atomic E-state index is 0.0788. The summed E-state index contributed by atoms with van der Waals surface area (Å²) in [5, 5.41) is 3.36. The van der Waals surface area contributed by atoms with Crippen molar-refractivity contribution in [2.24, 2.45) is 0 Å². The third-order valence-corrected chi connectivity index (χ3v) is 8.05. The third-order valence-electron chi connectivity index (χ3n) is 5.24. The molecule has 33 heavy (non-hydrogen) atoms. The van der Waals surface area contributed by atoms with Crippen LogP contribution < -0.4 is 5.32 Å². The van der Waals surface area contributed by atoms with E-state index in [9.17, 15) is 13.2 Å². The molecular formula is C25H27ClN2O3S2. The number of sulfonamides is 1. The SMILES string of the molecule is CSc1ccc([C@@H](C)NC(=O)CN(Cc2ccc(C)cc2)S(=O)(=O)c2ccc(Cl)cc2)cc1. The van der Waals surface area contributed by atoms with Crippen LogP contribution in [0.1, 0.15) is 29.7 Å². The molecule has 0 saturated heterocycles. The summed E-state index contributed by atoms with van der Waals surface area (Å²) in [6.45, 7) is 3.62. The highest BCUT2D eigenvalue weighted by Gasteiger charge is 2.27. The molecule has 1 atom stereocenters. The maximum absolute atomic E-state index is 13.4. The molecule has 0 spiro atoms. The van der Waals surface area contributed by atoms with Crippen molar-refractivity contribution in [1.29, 1.82) is 0 Å². The van der Waals surface area contributed by atoms with Crippen molar-refractivity contribution in [1.82, 2.24) is 9.62 Å². The topological polar surface area (TPSA) is 66.5 Å². The zero-order valence-corrected chi connectivity index (χ0v) is 21.2. The van der Waals surface area contributed by atoms with E-state index in [1.165, 1.54) is 28.6 Å². The Morgan fingerprint density at radius 2 is 1.61 bits per heavy atom. The number of amides is 1. The minimum Gasteiger partial charge on any atom is -0.348 e. The molecule has 0 bridgehead atoms. The molecule has 0 fully saturated rings. The first kappa shape index (κ1) is 25.3. The summed E-state index contributed by atoms with van der Waals surface area (Å²) in [4.78, 5) is 14.1. The summed E-state index contributed by atoms with van der Waals surface area (Å²) in [5.74, 6) is -0.374. The number of aryl methyl sites for hydroxylation is 1. The molecule has 0 aromatic heterocycles. The molecule has 3 rings (SSSR count). The van der Waals surface area contributed by atoms with Gasteiger partial charge in [-0.2, -0.15) is 4.31 Å². The monoisotopic (exact) mass is 502 g/mol. The van der Waals surface area contributed by atoms with Crippen LogP contribution in [0.4, 0.5) is 0 Å². The number of nitrogens with one attached hydrogen (secondary N) is 1. The molecule has 174 valence electrons. The average molecular weight is 503 g/mol. The van der Waals surface area contributed by atoms with Crippen LogP contribution in [0.3, 0.4) is 0 Å². The Kier molecular flexibility index (Phi) is 8.59. The Hall–Kier alpha value is -2.32. The average Bonchev–Trinajstić information content (AvgIpc) is 2.80. The lowest BCUT2D eigenvalue weighted by Crippen LogP contribution is -2.41. The van der Waals surface area contributed by atoms with Gasteiger partial charge in [-0.25, -0.2) is 8.42 Å². The minimum atomic E-state index is -3.92. The standard InChI is InChI=1S/C25H27ClN2O3S2/c1-18-4-6-20(7-5-18)16-28(33(30,31)24-14-10-22(26)11-15-24)17-25(29)27-19(2)21-8-12-23(32-3)13-9-21/h4-15,19H,16-17H2,1-3H3,(H,27,29)/t19-/m1/s1. The van der Waals surface area contributed by atoms with Gasteiger partial charge in [0.1, 0.15) is 0 Å². The first-order valence-corrected chi connectivity index (χ1v) is 13.5. The first-order chi connectivity index (χ1) is 15.7. The molecule has 1 N–H and O–H groups in total. The lowest BCUT2D eigenvalue weighted by atomic mass is 10.1. The summed E-state index contributed by atoms with van der Waals surface area (Å²) >= 11 is 7.58. The molecule has 0 heterocycles. The highest BCUT2D eigenvalue weighted by molar-refractivity contribution is 7.98. The van der Waals surface area contributed by atoms with Crippen molar-refractivity contribution in [3.05, 3.63) is 94.5 Å². The molecule has 3 aromatic carbocycles. The number of benzene rings is 3. The predicted octanol–water partition coefficient (Wildman–Crippen LogP) is 5.44. The lowest BCUT2D eigenvalue weighted by Gasteiger charge is -2.23. The van der Waals surface area contributed by atoms with Crippen molar-refractivity contribution >= 4 is 39.3 Å². The van der Waals surface area contributed by atoms with E-state index in [2.05, 4.69) is 5.32 Å². The fourth-order valence-electron chi connectivity index (χ4n) is 3.30. The van der Waals surface area contributed by atoms with Crippen LogP contribution >= 0.6 is 23.4 Å². The van der Waals surface area contributed by atoms with Crippen molar-refractivity contribution in [2.45, 2.75) is 36.2 Å². The fraction of sp³-hybridized carbons (Fsp3) is 0.240. The molecule has 3 aromatic rings. The second-order valence-electron chi connectivity index (χ2n) is 7.77. The third kappa shape index (κ3) is 6.84. The number of hydrogen-bond acceptors (Lipinski definition) is 4. The highest BCUT2D eigenvalue weighted by atomic mass is 35.5. The van der Waals surface area contributed by atoms with Crippen molar-refractivity contribution < 1.29 is 13.2 Å². The summed E-state index contributed by atoms with van der Waals surface area (Å²) < 4.78 is 27.9. The van der Waals surface area contributed by atoms with Crippen LogP contribution in [0.15, 0.2) is 82.6 Å². The first-order valence-electron chi connectivity index (χ1n) is 10.4. The summed E-state index contributed by atoms with van der Waals surface area (Å²) in [6.07, 6.45) is 2.00. The van der Waals surface area contributed by atoms with Gasteiger partial charge < -0.3 is 5.32 Å². The Balaban J connectivity index is 1.81. The van der Waals surface area contributed by atoms with Gasteiger partial charge in [0.2, 0.25) is 15.9 Å². The lowest BCUT2D eigenvalue weighted by molar-refractivity contribution is -0.122. The number of rotatable bonds is 9. The molecule has 0 radical (unpaired) electrons. The van der Waals surface area contributed by atoms with Gasteiger partial charge >= 0.3 is 0 Å². The van der Waals surface area contributed by atoms with Crippen LogP contribution in [0.2, 0.25) is 5.02 Å². The molecule has 0 aliphatic carbocycles. The smallest absolute Gasteiger partial charge is 0.243 e. The van der Waals surface area contributed by atoms with Crippen LogP contribution in [0.5, 0.6) is 0 Å². The Morgan fingerprint density at radius 1 is 1.00 bits per heavy atom. The maximum atomic E-state index is 13.4. The number of nitrogens with zero attached hydrogens (tertiary/aromatic N) is 1. The number of carbonyl (C=O) groups is 1. The van der Waals surface area contributed by atoms with Crippen molar-refractivity contribution in [3.8, 4) is 0 Å². The van der Waals surface area contributed by atoms with E-state index in [1.807, 2.05) is 68.6 Å². The van der Waals surface area contributed by atoms with Crippen LogP contribution in [-0.4, -0.2) is 31.4 Å². The molecule has 0 aliphatic heterocycles. The molecule has 0 unspecified atom stereocenters. The quantitative estimate of drug-likeness (QED) is 0.396. The molecule has 0 saturated carbocycles. The van der Waals surface area contributed by atoms with E-state index >= 15 is 0 Å². The van der Waals surface area contributed by atoms with E-state index in [-0.39, 0.29) is 29.9 Å². The van der Waals surface area contributed by atoms with Crippen molar-refractivity contribution in [2.75, 3.05) is 12.8 Å². The number of carbonyl (C=O) groups excluding carboxylic acids is 1. The Bertz CT molecular complexity index is 1180. The molecule has 1 amide bonds. The molecule has 5 nitrogen and oxygen atoms in total. The second kappa shape index (κ2) is 11.2. The van der Waals surface area contributed by atoms with Crippen LogP contribution in [-0.2, 0) is 21.4 Å². The zero-order valence-electron chi connectivity index (χ0n) is 18.8. The summed E-state index contributed by atoms with van der Waals surface area (Å²) in [6, 6.07) is 21.2. The Morgan fingerprint density at radius 3 is 2.18 bits per heavy atom. The second-order valence-corrected chi connectivity index (χ2v) is 11.0. The van der Waals surface area contributed by atoms with Gasteiger partial charge in [0.15, 0.2) is 0 Å². The van der Waals surface area contributed by atoms with Crippen molar-refractivity contribution in [3.63, 3.8) is 0 Å². The highest BCUT2D eigenvalue weighted by Crippen LogP contribution is 2.22. The number of halogens is 1. The van der Waals surface area contributed by atoms with E-state index in [0.717, 1.165) is 21.6 Å². The van der Waals surface area contributed by atoms with Gasteiger partial charge in [-0.05, 0) is 67.6 Å². The molecule has 0 aliphatic rings. The number of thioether (sulfide) groups is 1. The predicted molar refractivity (Wildman–Crippen MR) is 135 cm³/mol. The van der Waals surface area contributed by atoms with Gasteiger partial charge in [0, 0.05) is 16.5 Å².